The first-order valence-electron chi connectivity index (χ1n) is 10.7. The van der Waals surface area contributed by atoms with Gasteiger partial charge in [-0.2, -0.15) is 0 Å². The van der Waals surface area contributed by atoms with Gasteiger partial charge in [-0.25, -0.2) is 9.59 Å². The van der Waals surface area contributed by atoms with Gasteiger partial charge in [-0.3, -0.25) is 4.79 Å². The van der Waals surface area contributed by atoms with Crippen molar-refractivity contribution in [2.75, 3.05) is 0 Å². The maximum Gasteiger partial charge on any atom is 0.339 e. The number of aliphatic carboxylic acids is 1. The molecule has 0 spiro atoms. The normalized spacial score (nSPS) is 14.6. The monoisotopic (exact) mass is 435 g/mol. The summed E-state index contributed by atoms with van der Waals surface area (Å²) < 4.78 is 11.4. The van der Waals surface area contributed by atoms with Crippen molar-refractivity contribution in [3.8, 4) is 5.75 Å². The number of aryl methyl sites for hydroxylation is 2. The van der Waals surface area contributed by atoms with Crippen LogP contribution < -0.4 is 15.7 Å². The van der Waals surface area contributed by atoms with Crippen molar-refractivity contribution in [2.24, 2.45) is 0 Å². The molecule has 7 heteroatoms. The number of carboxylic acid groups (broad SMARTS) is 1. The average molecular weight is 435 g/mol. The number of hydrogen-bond acceptors (Lipinski definition) is 5. The Hall–Kier alpha value is -3.61. The van der Waals surface area contributed by atoms with Gasteiger partial charge in [0, 0.05) is 22.9 Å². The summed E-state index contributed by atoms with van der Waals surface area (Å²) in [7, 11) is 0. The van der Waals surface area contributed by atoms with E-state index in [2.05, 4.69) is 5.32 Å². The molecule has 2 atom stereocenters. The topological polar surface area (TPSA) is 106 Å². The van der Waals surface area contributed by atoms with Crippen LogP contribution in [0.25, 0.3) is 11.0 Å². The van der Waals surface area contributed by atoms with Crippen molar-refractivity contribution >= 4 is 22.8 Å². The van der Waals surface area contributed by atoms with Crippen molar-refractivity contribution in [1.29, 1.82) is 0 Å². The molecule has 0 fully saturated rings. The Balaban J connectivity index is 1.51. The molecular formula is C25H25NO6. The van der Waals surface area contributed by atoms with Gasteiger partial charge in [-0.15, -0.1) is 0 Å². The van der Waals surface area contributed by atoms with E-state index in [1.54, 1.807) is 19.9 Å². The minimum Gasteiger partial charge on any atom is -0.480 e. The van der Waals surface area contributed by atoms with E-state index in [-0.39, 0.29) is 12.0 Å². The van der Waals surface area contributed by atoms with Crippen molar-refractivity contribution in [2.45, 2.75) is 51.7 Å². The Kier molecular flexibility index (Phi) is 5.99. The molecule has 7 nitrogen and oxygen atoms in total. The maximum absolute atomic E-state index is 12.7. The number of amides is 1. The molecule has 0 saturated carbocycles. The summed E-state index contributed by atoms with van der Waals surface area (Å²) in [6, 6.07) is 11.6. The van der Waals surface area contributed by atoms with Gasteiger partial charge < -0.3 is 19.6 Å². The Labute approximate surface area is 185 Å². The fraction of sp³-hybridized carbons (Fsp3) is 0.320. The molecule has 0 aliphatic heterocycles. The second kappa shape index (κ2) is 8.86. The largest absolute Gasteiger partial charge is 0.480 e. The summed E-state index contributed by atoms with van der Waals surface area (Å²) in [4.78, 5) is 36.6. The van der Waals surface area contributed by atoms with Crippen LogP contribution in [0.3, 0.4) is 0 Å². The first-order valence-corrected chi connectivity index (χ1v) is 10.7. The molecule has 1 heterocycles. The molecule has 0 bridgehead atoms. The number of carbonyl (C=O) groups excluding carboxylic acids is 1. The summed E-state index contributed by atoms with van der Waals surface area (Å²) in [6.45, 7) is 3.33. The lowest BCUT2D eigenvalue weighted by Gasteiger charge is -2.20. The van der Waals surface area contributed by atoms with E-state index in [1.807, 2.05) is 36.4 Å². The molecular weight excluding hydrogens is 410 g/mol. The van der Waals surface area contributed by atoms with E-state index in [1.165, 1.54) is 0 Å². The second-order valence-corrected chi connectivity index (χ2v) is 8.11. The van der Waals surface area contributed by atoms with Gasteiger partial charge in [-0.1, -0.05) is 30.3 Å². The molecule has 2 aromatic carbocycles. The summed E-state index contributed by atoms with van der Waals surface area (Å²) in [5, 5.41) is 13.0. The summed E-state index contributed by atoms with van der Waals surface area (Å²) >= 11 is 0. The summed E-state index contributed by atoms with van der Waals surface area (Å²) in [5.41, 5.74) is 3.36. The van der Waals surface area contributed by atoms with Crippen LogP contribution in [0.2, 0.25) is 0 Å². The van der Waals surface area contributed by atoms with E-state index in [4.69, 9.17) is 9.15 Å². The fourth-order valence-electron chi connectivity index (χ4n) is 4.17. The summed E-state index contributed by atoms with van der Waals surface area (Å²) in [5.74, 6) is -1.24. The molecule has 1 aliphatic rings. The zero-order chi connectivity index (χ0) is 22.8. The van der Waals surface area contributed by atoms with Crippen LogP contribution >= 0.6 is 0 Å². The van der Waals surface area contributed by atoms with Crippen LogP contribution in [0, 0.1) is 6.92 Å². The van der Waals surface area contributed by atoms with Crippen LogP contribution in [0.5, 0.6) is 5.75 Å². The number of benzene rings is 2. The van der Waals surface area contributed by atoms with Crippen molar-refractivity contribution < 1.29 is 23.8 Å². The highest BCUT2D eigenvalue weighted by Gasteiger charge is 2.26. The molecule has 0 unspecified atom stereocenters. The quantitative estimate of drug-likeness (QED) is 0.552. The highest BCUT2D eigenvalue weighted by Crippen LogP contribution is 2.33. The van der Waals surface area contributed by atoms with Gasteiger partial charge in [0.1, 0.15) is 17.4 Å². The Morgan fingerprint density at radius 3 is 2.56 bits per heavy atom. The van der Waals surface area contributed by atoms with Crippen LogP contribution in [0.4, 0.5) is 0 Å². The molecule has 1 amide bonds. The van der Waals surface area contributed by atoms with Gasteiger partial charge in [0.05, 0.1) is 0 Å². The molecule has 0 saturated heterocycles. The minimum absolute atomic E-state index is 0.167. The highest BCUT2D eigenvalue weighted by molar-refractivity contribution is 5.88. The van der Waals surface area contributed by atoms with E-state index in [0.717, 1.165) is 41.3 Å². The molecule has 166 valence electrons. The lowest BCUT2D eigenvalue weighted by atomic mass is 10.0. The van der Waals surface area contributed by atoms with E-state index in [9.17, 15) is 19.5 Å². The SMILES string of the molecule is Cc1c(O[C@@H](C)C(=O)N[C@@H](Cc2ccccc2)C(=O)O)ccc2c3c(c(=O)oc12)CCC3. The Morgan fingerprint density at radius 1 is 1.12 bits per heavy atom. The van der Waals surface area contributed by atoms with Gasteiger partial charge in [0.2, 0.25) is 0 Å². The van der Waals surface area contributed by atoms with E-state index >= 15 is 0 Å². The van der Waals surface area contributed by atoms with Gasteiger partial charge in [-0.05, 0) is 56.4 Å². The number of nitrogens with one attached hydrogen (secondary N) is 1. The fourth-order valence-corrected chi connectivity index (χ4v) is 4.17. The van der Waals surface area contributed by atoms with Crippen LogP contribution in [-0.2, 0) is 28.9 Å². The Bertz CT molecular complexity index is 1230. The third-order valence-electron chi connectivity index (χ3n) is 5.91. The molecule has 1 aromatic heterocycles. The number of rotatable bonds is 7. The number of carboxylic acids is 1. The molecule has 1 aliphatic carbocycles. The lowest BCUT2D eigenvalue weighted by molar-refractivity contribution is -0.142. The van der Waals surface area contributed by atoms with Crippen LogP contribution in [0.1, 0.15) is 35.6 Å². The first kappa shape index (κ1) is 21.6. The number of hydrogen-bond donors (Lipinski definition) is 2. The number of ether oxygens (including phenoxy) is 1. The van der Waals surface area contributed by atoms with Crippen molar-refractivity contribution in [3.63, 3.8) is 0 Å². The minimum atomic E-state index is -1.12. The van der Waals surface area contributed by atoms with Crippen molar-refractivity contribution in [3.05, 3.63) is 75.1 Å². The predicted molar refractivity (Wildman–Crippen MR) is 119 cm³/mol. The number of fused-ring (bicyclic) bond motifs is 3. The standard InChI is InChI=1S/C25H25NO6/c1-14-21(12-11-18-17-9-6-10-19(17)25(30)32-22(14)18)31-15(2)23(27)26-20(24(28)29)13-16-7-4-3-5-8-16/h3-5,7-8,11-12,15,20H,6,9-10,13H2,1-2H3,(H,26,27)(H,28,29)/t15-,20-/m0/s1. The first-order chi connectivity index (χ1) is 15.3. The Morgan fingerprint density at radius 2 is 1.84 bits per heavy atom. The predicted octanol–water partition coefficient (Wildman–Crippen LogP) is 3.17. The van der Waals surface area contributed by atoms with Crippen molar-refractivity contribution in [1.82, 2.24) is 5.32 Å². The zero-order valence-electron chi connectivity index (χ0n) is 18.0. The highest BCUT2D eigenvalue weighted by atomic mass is 16.5. The number of carbonyl (C=O) groups is 2. The lowest BCUT2D eigenvalue weighted by Crippen LogP contribution is -2.47. The molecule has 32 heavy (non-hydrogen) atoms. The third-order valence-corrected chi connectivity index (χ3v) is 5.91. The molecule has 0 radical (unpaired) electrons. The van der Waals surface area contributed by atoms with E-state index < -0.39 is 24.0 Å². The molecule has 4 rings (SSSR count). The van der Waals surface area contributed by atoms with Gasteiger partial charge in [0.25, 0.3) is 5.91 Å². The van der Waals surface area contributed by atoms with Crippen LogP contribution in [0.15, 0.2) is 51.7 Å². The molecule has 2 N–H and O–H groups in total. The van der Waals surface area contributed by atoms with Gasteiger partial charge in [0.15, 0.2) is 6.10 Å². The second-order valence-electron chi connectivity index (χ2n) is 8.11. The van der Waals surface area contributed by atoms with Crippen LogP contribution in [-0.4, -0.2) is 29.1 Å². The molecule has 3 aromatic rings. The average Bonchev–Trinajstić information content (AvgIpc) is 3.27. The van der Waals surface area contributed by atoms with E-state index in [0.29, 0.717) is 16.9 Å². The van der Waals surface area contributed by atoms with Gasteiger partial charge >= 0.3 is 11.6 Å². The smallest absolute Gasteiger partial charge is 0.339 e. The third kappa shape index (κ3) is 4.23. The zero-order valence-corrected chi connectivity index (χ0v) is 18.0. The maximum atomic E-state index is 12.7. The summed E-state index contributed by atoms with van der Waals surface area (Å²) in [6.07, 6.45) is 1.73.